The third-order valence-electron chi connectivity index (χ3n) is 8.17. The molecule has 192 valence electrons. The van der Waals surface area contributed by atoms with Crippen molar-refractivity contribution in [2.24, 2.45) is 27.6 Å². The lowest BCUT2D eigenvalue weighted by Crippen LogP contribution is -2.58. The van der Waals surface area contributed by atoms with Crippen LogP contribution in [0.1, 0.15) is 31.4 Å². The predicted octanol–water partition coefficient (Wildman–Crippen LogP) is 3.13. The van der Waals surface area contributed by atoms with Gasteiger partial charge in [-0.2, -0.15) is 5.10 Å². The van der Waals surface area contributed by atoms with Crippen LogP contribution in [0.4, 0.5) is 0 Å². The molecule has 5 rings (SSSR count). The molecule has 8 nitrogen and oxygen atoms in total. The first-order valence-corrected chi connectivity index (χ1v) is 12.7. The Labute approximate surface area is 216 Å². The van der Waals surface area contributed by atoms with Crippen molar-refractivity contribution in [2.75, 3.05) is 20.1 Å². The van der Waals surface area contributed by atoms with Crippen molar-refractivity contribution >= 4 is 34.3 Å². The smallest absolute Gasteiger partial charge is 0.256 e. The van der Waals surface area contributed by atoms with Crippen molar-refractivity contribution in [1.82, 2.24) is 14.9 Å². The number of nitrogens with two attached hydrogens (primary N) is 1. The Balaban J connectivity index is 1.49. The summed E-state index contributed by atoms with van der Waals surface area (Å²) in [5, 5.41) is 6.98. The molecule has 1 saturated heterocycles. The van der Waals surface area contributed by atoms with Crippen molar-refractivity contribution < 1.29 is 14.4 Å². The highest BCUT2D eigenvalue weighted by Crippen LogP contribution is 2.40. The zero-order valence-corrected chi connectivity index (χ0v) is 21.5. The minimum Gasteiger partial charge on any atom is -0.369 e. The van der Waals surface area contributed by atoms with Crippen LogP contribution in [-0.4, -0.2) is 58.5 Å². The summed E-state index contributed by atoms with van der Waals surface area (Å²) in [5.41, 5.74) is 7.60. The average Bonchev–Trinajstić information content (AvgIpc) is 3.40. The van der Waals surface area contributed by atoms with Gasteiger partial charge in [0.25, 0.3) is 5.91 Å². The summed E-state index contributed by atoms with van der Waals surface area (Å²) in [6.07, 6.45) is 3.22. The molecule has 37 heavy (non-hydrogen) atoms. The molecule has 0 bridgehead atoms. The van der Waals surface area contributed by atoms with E-state index in [1.54, 1.807) is 25.8 Å². The fourth-order valence-corrected chi connectivity index (χ4v) is 5.78. The van der Waals surface area contributed by atoms with Gasteiger partial charge in [-0.15, -0.1) is 0 Å². The molecule has 3 aromatic rings. The summed E-state index contributed by atoms with van der Waals surface area (Å²) >= 11 is 0. The number of hydrogen-bond donors (Lipinski definition) is 2. The van der Waals surface area contributed by atoms with E-state index in [2.05, 4.69) is 10.1 Å². The number of aromatic nitrogens is 1. The van der Waals surface area contributed by atoms with Gasteiger partial charge in [-0.1, -0.05) is 62.4 Å². The minimum absolute atomic E-state index is 0.105. The van der Waals surface area contributed by atoms with E-state index < -0.39 is 22.7 Å². The number of nitrogens with one attached hydrogen (secondary N) is 1. The third kappa shape index (κ3) is 4.20. The first-order chi connectivity index (χ1) is 17.6. The molecule has 3 amide bonds. The molecule has 3 N–H and O–H groups in total. The van der Waals surface area contributed by atoms with Crippen LogP contribution in [0, 0.1) is 16.7 Å². The number of hydrazone groups is 1. The normalized spacial score (nSPS) is 20.6. The molecule has 3 heterocycles. The number of H-pyrrole nitrogens is 1. The van der Waals surface area contributed by atoms with Gasteiger partial charge in [0, 0.05) is 43.7 Å². The second-order valence-electron chi connectivity index (χ2n) is 10.8. The summed E-state index contributed by atoms with van der Waals surface area (Å²) < 4.78 is 0. The van der Waals surface area contributed by atoms with Gasteiger partial charge in [0.15, 0.2) is 0 Å². The van der Waals surface area contributed by atoms with E-state index in [1.165, 1.54) is 5.01 Å². The van der Waals surface area contributed by atoms with Gasteiger partial charge >= 0.3 is 0 Å². The van der Waals surface area contributed by atoms with Crippen LogP contribution < -0.4 is 5.73 Å². The number of benzene rings is 2. The maximum atomic E-state index is 14.2. The van der Waals surface area contributed by atoms with Crippen LogP contribution in [0.2, 0.25) is 0 Å². The van der Waals surface area contributed by atoms with Crippen molar-refractivity contribution in [3.63, 3.8) is 0 Å². The Hall–Kier alpha value is -3.94. The molecule has 2 atom stereocenters. The van der Waals surface area contributed by atoms with Crippen LogP contribution in [0.15, 0.2) is 65.9 Å². The van der Waals surface area contributed by atoms with Gasteiger partial charge in [-0.05, 0) is 30.0 Å². The van der Waals surface area contributed by atoms with Gasteiger partial charge in [0.05, 0.1) is 17.0 Å². The molecule has 2 aromatic carbocycles. The highest BCUT2D eigenvalue weighted by atomic mass is 16.2. The Morgan fingerprint density at radius 2 is 1.84 bits per heavy atom. The molecule has 0 radical (unpaired) electrons. The summed E-state index contributed by atoms with van der Waals surface area (Å²) in [6.45, 7) is 4.13. The molecule has 8 heteroatoms. The molecule has 0 spiro atoms. The number of primary amides is 1. The number of piperidine rings is 1. The van der Waals surface area contributed by atoms with Crippen molar-refractivity contribution in [3.8, 4) is 0 Å². The zero-order chi connectivity index (χ0) is 26.4. The number of fused-ring (bicyclic) bond motifs is 2. The highest BCUT2D eigenvalue weighted by molar-refractivity contribution is 6.13. The van der Waals surface area contributed by atoms with Crippen LogP contribution in [0.5, 0.6) is 0 Å². The number of aromatic amines is 1. The highest BCUT2D eigenvalue weighted by Gasteiger charge is 2.54. The monoisotopic (exact) mass is 499 g/mol. The first-order valence-electron chi connectivity index (χ1n) is 12.7. The number of amides is 3. The first kappa shape index (κ1) is 24.7. The lowest BCUT2D eigenvalue weighted by molar-refractivity contribution is -0.148. The lowest BCUT2D eigenvalue weighted by Gasteiger charge is -2.42. The largest absolute Gasteiger partial charge is 0.369 e. The van der Waals surface area contributed by atoms with E-state index in [4.69, 9.17) is 5.73 Å². The summed E-state index contributed by atoms with van der Waals surface area (Å²) in [6, 6.07) is 17.7. The molecule has 1 fully saturated rings. The fourth-order valence-electron chi connectivity index (χ4n) is 5.78. The number of likely N-dealkylation sites (tertiary alicyclic amines) is 1. The summed E-state index contributed by atoms with van der Waals surface area (Å²) in [4.78, 5) is 45.3. The molecule has 0 saturated carbocycles. The summed E-state index contributed by atoms with van der Waals surface area (Å²) in [5.74, 6) is -1.49. The predicted molar refractivity (Wildman–Crippen MR) is 142 cm³/mol. The van der Waals surface area contributed by atoms with Gasteiger partial charge < -0.3 is 15.6 Å². The van der Waals surface area contributed by atoms with Crippen LogP contribution >= 0.6 is 0 Å². The van der Waals surface area contributed by atoms with Crippen molar-refractivity contribution in [2.45, 2.75) is 33.1 Å². The second-order valence-corrected chi connectivity index (χ2v) is 10.8. The van der Waals surface area contributed by atoms with Gasteiger partial charge in [-0.25, -0.2) is 5.01 Å². The number of carbonyl (C=O) groups excluding carboxylic acids is 3. The number of carbonyl (C=O) groups is 3. The fraction of sp³-hybridized carbons (Fsp3) is 0.379. The van der Waals surface area contributed by atoms with E-state index >= 15 is 0 Å². The maximum absolute atomic E-state index is 14.2. The lowest BCUT2D eigenvalue weighted by atomic mass is 9.71. The Kier molecular flexibility index (Phi) is 6.14. The average molecular weight is 500 g/mol. The Morgan fingerprint density at radius 1 is 1.14 bits per heavy atom. The Morgan fingerprint density at radius 3 is 2.57 bits per heavy atom. The van der Waals surface area contributed by atoms with E-state index in [-0.39, 0.29) is 18.4 Å². The maximum Gasteiger partial charge on any atom is 0.256 e. The number of rotatable bonds is 7. The van der Waals surface area contributed by atoms with Crippen molar-refractivity contribution in [1.29, 1.82) is 0 Å². The van der Waals surface area contributed by atoms with Gasteiger partial charge in [0.1, 0.15) is 5.41 Å². The van der Waals surface area contributed by atoms with Crippen LogP contribution in [0.25, 0.3) is 10.9 Å². The number of para-hydroxylation sites is 1. The zero-order valence-electron chi connectivity index (χ0n) is 21.5. The topological polar surface area (TPSA) is 112 Å². The summed E-state index contributed by atoms with van der Waals surface area (Å²) in [7, 11) is 1.67. The van der Waals surface area contributed by atoms with Gasteiger partial charge in [-0.3, -0.25) is 14.4 Å². The molecule has 2 aliphatic heterocycles. The molecular weight excluding hydrogens is 466 g/mol. The second kappa shape index (κ2) is 9.18. The molecular formula is C29H33N5O3. The quantitative estimate of drug-likeness (QED) is 0.521. The van der Waals surface area contributed by atoms with Crippen LogP contribution in [0.3, 0.4) is 0 Å². The molecule has 0 aliphatic carbocycles. The number of hydrogen-bond acceptors (Lipinski definition) is 4. The van der Waals surface area contributed by atoms with Crippen LogP contribution in [-0.2, 0) is 27.2 Å². The van der Waals surface area contributed by atoms with Gasteiger partial charge in [0.2, 0.25) is 11.8 Å². The third-order valence-corrected chi connectivity index (χ3v) is 8.17. The Bertz CT molecular complexity index is 1390. The molecule has 0 unspecified atom stereocenters. The van der Waals surface area contributed by atoms with Crippen molar-refractivity contribution in [3.05, 3.63) is 71.9 Å². The van der Waals surface area contributed by atoms with E-state index in [9.17, 15) is 14.4 Å². The molecule has 2 aliphatic rings. The molecule has 1 aromatic heterocycles. The number of nitrogens with zero attached hydrogens (tertiary/aromatic N) is 3. The SMILES string of the molecule is CN1N=C2CCN(C(=O)[C@H](Cc3c[nH]c4ccccc34)C(C)(C)C(N)=O)C[C@@]2(Cc2ccccc2)C1=O. The van der Waals surface area contributed by atoms with E-state index in [0.717, 1.165) is 27.7 Å². The van der Waals surface area contributed by atoms with E-state index in [0.29, 0.717) is 25.8 Å². The standard InChI is InChI=1S/C29H33N5O3/c1-28(2,26(30)36)22(15-20-17-31-23-12-8-7-11-21(20)23)25(35)34-14-13-24-29(18-34,27(37)33(3)32-24)16-19-9-5-4-6-10-19/h4-12,17,22,31H,13-16,18H2,1-3H3,(H2,30,36)/t22-,29+/m0/s1. The van der Waals surface area contributed by atoms with E-state index in [1.807, 2.05) is 60.8 Å². The minimum atomic E-state index is -1.09.